The highest BCUT2D eigenvalue weighted by Crippen LogP contribution is 2.22. The van der Waals surface area contributed by atoms with Crippen LogP contribution >= 0.6 is 0 Å². The van der Waals surface area contributed by atoms with Gasteiger partial charge in [0.1, 0.15) is 6.29 Å². The molecule has 0 aromatic rings. The summed E-state index contributed by atoms with van der Waals surface area (Å²) in [6.07, 6.45) is 4.14. The third-order valence-electron chi connectivity index (χ3n) is 4.07. The van der Waals surface area contributed by atoms with Gasteiger partial charge < -0.3 is 15.0 Å². The molecule has 0 rings (SSSR count). The third-order valence-corrected chi connectivity index (χ3v) is 4.07. The third kappa shape index (κ3) is 11.5. The minimum absolute atomic E-state index is 0.110. The van der Waals surface area contributed by atoms with Crippen molar-refractivity contribution in [3.63, 3.8) is 0 Å². The van der Waals surface area contributed by atoms with E-state index in [4.69, 9.17) is 4.74 Å². The Morgan fingerprint density at radius 1 is 1.12 bits per heavy atom. The average molecular weight is 354 g/mol. The largest absolute Gasteiger partial charge is 0.380 e. The van der Waals surface area contributed by atoms with Gasteiger partial charge in [-0.2, -0.15) is 0 Å². The molecule has 0 aromatic heterocycles. The highest BCUT2D eigenvalue weighted by Gasteiger charge is 2.22. The molecular formula is C19H34N2O4. The van der Waals surface area contributed by atoms with Crippen molar-refractivity contribution in [2.24, 2.45) is 10.8 Å². The maximum Gasteiger partial charge on any atom is 0.246 e. The van der Waals surface area contributed by atoms with E-state index in [1.54, 1.807) is 7.05 Å². The molecule has 25 heavy (non-hydrogen) atoms. The number of aldehydes is 1. The first-order chi connectivity index (χ1) is 11.5. The van der Waals surface area contributed by atoms with Gasteiger partial charge in [0.25, 0.3) is 0 Å². The minimum atomic E-state index is -0.299. The highest BCUT2D eigenvalue weighted by molar-refractivity contribution is 5.91. The Labute approximate surface area is 152 Å². The molecular weight excluding hydrogens is 320 g/mol. The second kappa shape index (κ2) is 11.0. The van der Waals surface area contributed by atoms with Gasteiger partial charge in [0.15, 0.2) is 0 Å². The predicted octanol–water partition coefficient (Wildman–Crippen LogP) is 2.19. The molecule has 0 aliphatic rings. The zero-order valence-corrected chi connectivity index (χ0v) is 16.6. The zero-order valence-electron chi connectivity index (χ0n) is 16.6. The number of rotatable bonds is 12. The fourth-order valence-corrected chi connectivity index (χ4v) is 1.81. The van der Waals surface area contributed by atoms with Crippen LogP contribution in [-0.4, -0.2) is 56.4 Å². The van der Waals surface area contributed by atoms with E-state index < -0.39 is 0 Å². The molecule has 1 N–H and O–H groups in total. The Hall–Kier alpha value is -1.69. The number of likely N-dealkylation sites (N-methyl/N-ethyl adjacent to an activating group) is 1. The Morgan fingerprint density at radius 3 is 2.28 bits per heavy atom. The van der Waals surface area contributed by atoms with Crippen molar-refractivity contribution in [2.75, 3.05) is 33.4 Å². The Morgan fingerprint density at radius 2 is 1.72 bits per heavy atom. The molecule has 0 saturated heterocycles. The average Bonchev–Trinajstić information content (AvgIpc) is 2.55. The maximum absolute atomic E-state index is 11.9. The van der Waals surface area contributed by atoms with Crippen LogP contribution in [0.5, 0.6) is 0 Å². The van der Waals surface area contributed by atoms with Crippen LogP contribution in [0.25, 0.3) is 0 Å². The first-order valence-corrected chi connectivity index (χ1v) is 8.74. The molecule has 0 heterocycles. The van der Waals surface area contributed by atoms with Crippen molar-refractivity contribution >= 4 is 18.1 Å². The molecule has 0 fully saturated rings. The number of carbonyl (C=O) groups is 3. The molecule has 0 saturated carbocycles. The van der Waals surface area contributed by atoms with Crippen LogP contribution in [-0.2, 0) is 19.1 Å². The molecule has 0 spiro atoms. The molecule has 2 amide bonds. The van der Waals surface area contributed by atoms with Gasteiger partial charge in [-0.15, -0.1) is 0 Å². The van der Waals surface area contributed by atoms with Crippen LogP contribution in [0, 0.1) is 10.8 Å². The van der Waals surface area contributed by atoms with Gasteiger partial charge in [0.2, 0.25) is 11.8 Å². The summed E-state index contributed by atoms with van der Waals surface area (Å²) in [6, 6.07) is 0. The standard InChI is InChI=1S/C19H34N2O4/c1-7-18(2,3)14-25-15-19(4,5)13-20-16(23)10-11-21(6)17(24)9-8-12-22/h8-9,12H,7,10-11,13-15H2,1-6H3,(H,20,23)/b9-8-. The van der Waals surface area contributed by atoms with Crippen LogP contribution in [0.1, 0.15) is 47.5 Å². The number of hydrogen-bond acceptors (Lipinski definition) is 4. The number of allylic oxidation sites excluding steroid dienone is 1. The van der Waals surface area contributed by atoms with Crippen LogP contribution in [0.15, 0.2) is 12.2 Å². The van der Waals surface area contributed by atoms with E-state index >= 15 is 0 Å². The lowest BCUT2D eigenvalue weighted by Gasteiger charge is -2.28. The molecule has 0 atom stereocenters. The van der Waals surface area contributed by atoms with E-state index in [1.807, 2.05) is 13.8 Å². The van der Waals surface area contributed by atoms with Crippen molar-refractivity contribution in [1.82, 2.24) is 10.2 Å². The Bertz CT molecular complexity index is 470. The van der Waals surface area contributed by atoms with Crippen molar-refractivity contribution < 1.29 is 19.1 Å². The van der Waals surface area contributed by atoms with E-state index in [-0.39, 0.29) is 29.1 Å². The molecule has 6 heteroatoms. The first kappa shape index (κ1) is 23.3. The first-order valence-electron chi connectivity index (χ1n) is 8.74. The lowest BCUT2D eigenvalue weighted by atomic mass is 9.91. The SMILES string of the molecule is CCC(C)(C)COCC(C)(C)CNC(=O)CCN(C)C(=O)/C=C\C=O. The molecule has 0 aliphatic carbocycles. The number of carbonyl (C=O) groups excluding carboxylic acids is 3. The van der Waals surface area contributed by atoms with E-state index in [1.165, 1.54) is 11.0 Å². The van der Waals surface area contributed by atoms with Gasteiger partial charge in [0, 0.05) is 38.0 Å². The molecule has 0 radical (unpaired) electrons. The molecule has 0 aliphatic heterocycles. The number of hydrogen-bond donors (Lipinski definition) is 1. The van der Waals surface area contributed by atoms with Gasteiger partial charge in [-0.1, -0.05) is 34.6 Å². The molecule has 0 aromatic carbocycles. The summed E-state index contributed by atoms with van der Waals surface area (Å²) in [7, 11) is 1.60. The quantitative estimate of drug-likeness (QED) is 0.430. The van der Waals surface area contributed by atoms with Gasteiger partial charge in [-0.25, -0.2) is 0 Å². The summed E-state index contributed by atoms with van der Waals surface area (Å²) in [4.78, 5) is 35.1. The highest BCUT2D eigenvalue weighted by atomic mass is 16.5. The number of nitrogens with zero attached hydrogens (tertiary/aromatic N) is 1. The number of amides is 2. The lowest BCUT2D eigenvalue weighted by molar-refractivity contribution is -0.126. The van der Waals surface area contributed by atoms with E-state index in [0.29, 0.717) is 32.6 Å². The topological polar surface area (TPSA) is 75.7 Å². The van der Waals surface area contributed by atoms with Crippen molar-refractivity contribution in [3.8, 4) is 0 Å². The number of ether oxygens (including phenoxy) is 1. The monoisotopic (exact) mass is 354 g/mol. The van der Waals surface area contributed by atoms with Crippen LogP contribution < -0.4 is 5.32 Å². The summed E-state index contributed by atoms with van der Waals surface area (Å²) in [5.41, 5.74) is 0.00262. The fourth-order valence-electron chi connectivity index (χ4n) is 1.81. The molecule has 6 nitrogen and oxygen atoms in total. The van der Waals surface area contributed by atoms with Crippen LogP contribution in [0.2, 0.25) is 0 Å². The van der Waals surface area contributed by atoms with Gasteiger partial charge >= 0.3 is 0 Å². The van der Waals surface area contributed by atoms with Gasteiger partial charge in [-0.3, -0.25) is 14.4 Å². The summed E-state index contributed by atoms with van der Waals surface area (Å²) in [5.74, 6) is -0.409. The summed E-state index contributed by atoms with van der Waals surface area (Å²) in [6.45, 7) is 12.7. The predicted molar refractivity (Wildman–Crippen MR) is 99.1 cm³/mol. The second-order valence-electron chi connectivity index (χ2n) is 7.96. The second-order valence-corrected chi connectivity index (χ2v) is 7.96. The maximum atomic E-state index is 11.9. The van der Waals surface area contributed by atoms with Crippen molar-refractivity contribution in [1.29, 1.82) is 0 Å². The minimum Gasteiger partial charge on any atom is -0.380 e. The fraction of sp³-hybridized carbons (Fsp3) is 0.737. The summed E-state index contributed by atoms with van der Waals surface area (Å²) >= 11 is 0. The Balaban J connectivity index is 4.12. The Kier molecular flexibility index (Phi) is 10.3. The summed E-state index contributed by atoms with van der Waals surface area (Å²) < 4.78 is 5.81. The van der Waals surface area contributed by atoms with Gasteiger partial charge in [0.05, 0.1) is 13.2 Å². The van der Waals surface area contributed by atoms with E-state index in [0.717, 1.165) is 12.5 Å². The van der Waals surface area contributed by atoms with Crippen molar-refractivity contribution in [3.05, 3.63) is 12.2 Å². The lowest BCUT2D eigenvalue weighted by Crippen LogP contribution is -2.39. The van der Waals surface area contributed by atoms with E-state index in [2.05, 4.69) is 26.1 Å². The molecule has 144 valence electrons. The zero-order chi connectivity index (χ0) is 19.5. The smallest absolute Gasteiger partial charge is 0.246 e. The summed E-state index contributed by atoms with van der Waals surface area (Å²) in [5, 5.41) is 2.89. The van der Waals surface area contributed by atoms with Crippen molar-refractivity contribution in [2.45, 2.75) is 47.5 Å². The van der Waals surface area contributed by atoms with Crippen LogP contribution in [0.4, 0.5) is 0 Å². The van der Waals surface area contributed by atoms with Gasteiger partial charge in [-0.05, 0) is 17.9 Å². The normalized spacial score (nSPS) is 12.2. The van der Waals surface area contributed by atoms with E-state index in [9.17, 15) is 14.4 Å². The molecule has 0 unspecified atom stereocenters. The van der Waals surface area contributed by atoms with Crippen LogP contribution in [0.3, 0.4) is 0 Å². The number of nitrogens with one attached hydrogen (secondary N) is 1. The molecule has 0 bridgehead atoms.